The van der Waals surface area contributed by atoms with E-state index in [2.05, 4.69) is 10.6 Å². The van der Waals surface area contributed by atoms with E-state index in [-0.39, 0.29) is 29.6 Å². The molecule has 0 atom stereocenters. The van der Waals surface area contributed by atoms with Crippen molar-refractivity contribution in [2.24, 2.45) is 0 Å². The van der Waals surface area contributed by atoms with Crippen LogP contribution in [0.5, 0.6) is 0 Å². The van der Waals surface area contributed by atoms with Crippen molar-refractivity contribution in [3.63, 3.8) is 0 Å². The number of nitrogens with zero attached hydrogens (tertiary/aromatic N) is 1. The number of rotatable bonds is 7. The van der Waals surface area contributed by atoms with Crippen LogP contribution in [0.2, 0.25) is 0 Å². The molecule has 0 aromatic heterocycles. The molecule has 1 heterocycles. The molecule has 25 heavy (non-hydrogen) atoms. The molecular formula is C17H20FN3O3S. The summed E-state index contributed by atoms with van der Waals surface area (Å²) in [6, 6.07) is 5.70. The summed E-state index contributed by atoms with van der Waals surface area (Å²) in [6.45, 7) is 2.83. The smallest absolute Gasteiger partial charge is 0.314 e. The van der Waals surface area contributed by atoms with E-state index < -0.39 is 17.0 Å². The molecule has 4 amide bonds. The summed E-state index contributed by atoms with van der Waals surface area (Å²) in [6.07, 6.45) is 3.23. The van der Waals surface area contributed by atoms with Gasteiger partial charge in [-0.3, -0.25) is 14.5 Å². The fourth-order valence-electron chi connectivity index (χ4n) is 2.15. The van der Waals surface area contributed by atoms with Gasteiger partial charge in [0.1, 0.15) is 5.82 Å². The molecule has 1 aliphatic heterocycles. The third-order valence-corrected chi connectivity index (χ3v) is 4.41. The van der Waals surface area contributed by atoms with Gasteiger partial charge in [0, 0.05) is 25.2 Å². The summed E-state index contributed by atoms with van der Waals surface area (Å²) in [5.74, 6) is -0.939. The maximum atomic E-state index is 13.7. The summed E-state index contributed by atoms with van der Waals surface area (Å²) >= 11 is 0.765. The van der Waals surface area contributed by atoms with E-state index in [4.69, 9.17) is 0 Å². The predicted octanol–water partition coefficient (Wildman–Crippen LogP) is 2.96. The van der Waals surface area contributed by atoms with E-state index in [1.807, 2.05) is 6.92 Å². The van der Waals surface area contributed by atoms with Crippen LogP contribution in [0.3, 0.4) is 0 Å². The third kappa shape index (κ3) is 5.32. The lowest BCUT2D eigenvalue weighted by Crippen LogP contribution is -2.41. The van der Waals surface area contributed by atoms with Crippen molar-refractivity contribution in [1.29, 1.82) is 0 Å². The van der Waals surface area contributed by atoms with Crippen molar-refractivity contribution in [2.75, 3.05) is 19.6 Å². The average molecular weight is 365 g/mol. The van der Waals surface area contributed by atoms with Crippen LogP contribution in [-0.4, -0.2) is 41.7 Å². The van der Waals surface area contributed by atoms with Crippen LogP contribution in [0.15, 0.2) is 29.2 Å². The second kappa shape index (κ2) is 9.22. The molecule has 1 saturated heterocycles. The SMILES string of the molecule is CCCCNC(=O)NCCN1C(=O)S/C(=C\c2ccccc2F)C1=O. The largest absolute Gasteiger partial charge is 0.338 e. The molecule has 1 aromatic rings. The zero-order valence-electron chi connectivity index (χ0n) is 13.9. The molecule has 1 fully saturated rings. The number of benzene rings is 1. The summed E-state index contributed by atoms with van der Waals surface area (Å²) in [4.78, 5) is 37.0. The molecule has 2 N–H and O–H groups in total. The fourth-order valence-corrected chi connectivity index (χ4v) is 3.00. The number of urea groups is 1. The number of halogens is 1. The Morgan fingerprint density at radius 3 is 2.68 bits per heavy atom. The molecule has 2 rings (SSSR count). The first-order chi connectivity index (χ1) is 12.0. The highest BCUT2D eigenvalue weighted by Gasteiger charge is 2.34. The standard InChI is InChI=1S/C17H20FN3O3S/c1-2-3-8-19-16(23)20-9-10-21-15(22)14(25-17(21)24)11-12-6-4-5-7-13(12)18/h4-7,11H,2-3,8-10H2,1H3,(H2,19,20,23)/b14-11-. The van der Waals surface area contributed by atoms with Crippen LogP contribution in [0.1, 0.15) is 25.3 Å². The number of unbranched alkanes of at least 4 members (excludes halogenated alkanes) is 1. The first-order valence-electron chi connectivity index (χ1n) is 8.04. The lowest BCUT2D eigenvalue weighted by molar-refractivity contribution is -0.122. The van der Waals surface area contributed by atoms with Crippen molar-refractivity contribution < 1.29 is 18.8 Å². The van der Waals surface area contributed by atoms with Gasteiger partial charge in [-0.2, -0.15) is 0 Å². The van der Waals surface area contributed by atoms with Crippen molar-refractivity contribution in [1.82, 2.24) is 15.5 Å². The lowest BCUT2D eigenvalue weighted by Gasteiger charge is -2.13. The van der Waals surface area contributed by atoms with E-state index in [9.17, 15) is 18.8 Å². The van der Waals surface area contributed by atoms with Gasteiger partial charge in [-0.25, -0.2) is 9.18 Å². The second-order valence-electron chi connectivity index (χ2n) is 5.39. The lowest BCUT2D eigenvalue weighted by atomic mass is 10.2. The zero-order chi connectivity index (χ0) is 18.2. The highest BCUT2D eigenvalue weighted by atomic mass is 32.2. The van der Waals surface area contributed by atoms with Gasteiger partial charge in [0.15, 0.2) is 0 Å². The molecule has 0 saturated carbocycles. The molecule has 134 valence electrons. The number of carbonyl (C=O) groups is 3. The van der Waals surface area contributed by atoms with E-state index in [0.29, 0.717) is 6.54 Å². The zero-order valence-corrected chi connectivity index (χ0v) is 14.7. The third-order valence-electron chi connectivity index (χ3n) is 3.50. The maximum absolute atomic E-state index is 13.7. The Bertz CT molecular complexity index is 693. The van der Waals surface area contributed by atoms with Gasteiger partial charge < -0.3 is 10.6 Å². The Kier molecular flexibility index (Phi) is 7.00. The van der Waals surface area contributed by atoms with E-state index >= 15 is 0 Å². The van der Waals surface area contributed by atoms with Crippen molar-refractivity contribution >= 4 is 35.0 Å². The number of carbonyl (C=O) groups excluding carboxylic acids is 3. The van der Waals surface area contributed by atoms with Crippen LogP contribution >= 0.6 is 11.8 Å². The van der Waals surface area contributed by atoms with E-state index in [1.165, 1.54) is 18.2 Å². The Morgan fingerprint density at radius 2 is 1.96 bits per heavy atom. The summed E-state index contributed by atoms with van der Waals surface area (Å²) < 4.78 is 13.7. The van der Waals surface area contributed by atoms with Gasteiger partial charge in [-0.15, -0.1) is 0 Å². The Hall–Kier alpha value is -2.35. The molecule has 8 heteroatoms. The van der Waals surface area contributed by atoms with Crippen LogP contribution in [0.4, 0.5) is 14.0 Å². The Labute approximate surface area is 149 Å². The minimum Gasteiger partial charge on any atom is -0.338 e. The van der Waals surface area contributed by atoms with Crippen LogP contribution < -0.4 is 10.6 Å². The fraction of sp³-hybridized carbons (Fsp3) is 0.353. The Morgan fingerprint density at radius 1 is 1.24 bits per heavy atom. The van der Waals surface area contributed by atoms with Gasteiger partial charge >= 0.3 is 6.03 Å². The predicted molar refractivity (Wildman–Crippen MR) is 95.4 cm³/mol. The highest BCUT2D eigenvalue weighted by molar-refractivity contribution is 8.18. The van der Waals surface area contributed by atoms with Crippen LogP contribution in [0, 0.1) is 5.82 Å². The molecule has 0 spiro atoms. The molecular weight excluding hydrogens is 345 g/mol. The normalized spacial score (nSPS) is 15.8. The minimum absolute atomic E-state index is 0.0699. The summed E-state index contributed by atoms with van der Waals surface area (Å²) in [5.41, 5.74) is 0.251. The molecule has 1 aliphatic rings. The minimum atomic E-state index is -0.480. The highest BCUT2D eigenvalue weighted by Crippen LogP contribution is 2.32. The summed E-state index contributed by atoms with van der Waals surface area (Å²) in [7, 11) is 0. The van der Waals surface area contributed by atoms with E-state index in [0.717, 1.165) is 29.5 Å². The molecule has 0 unspecified atom stereocenters. The first-order valence-corrected chi connectivity index (χ1v) is 8.86. The quantitative estimate of drug-likeness (QED) is 0.575. The molecule has 6 nitrogen and oxygen atoms in total. The van der Waals surface area contributed by atoms with Crippen molar-refractivity contribution in [2.45, 2.75) is 19.8 Å². The average Bonchev–Trinajstić information content (AvgIpc) is 2.84. The van der Waals surface area contributed by atoms with E-state index in [1.54, 1.807) is 12.1 Å². The van der Waals surface area contributed by atoms with Gasteiger partial charge in [0.2, 0.25) is 0 Å². The Balaban J connectivity index is 1.89. The molecule has 0 radical (unpaired) electrons. The maximum Gasteiger partial charge on any atom is 0.314 e. The van der Waals surface area contributed by atoms with Gasteiger partial charge in [-0.05, 0) is 30.3 Å². The van der Waals surface area contributed by atoms with Crippen LogP contribution in [0.25, 0.3) is 6.08 Å². The summed E-state index contributed by atoms with van der Waals surface area (Å²) in [5, 5.41) is 4.85. The van der Waals surface area contributed by atoms with Gasteiger partial charge in [-0.1, -0.05) is 31.5 Å². The topological polar surface area (TPSA) is 78.5 Å². The molecule has 0 aliphatic carbocycles. The second-order valence-corrected chi connectivity index (χ2v) is 6.38. The monoisotopic (exact) mass is 365 g/mol. The van der Waals surface area contributed by atoms with Crippen molar-refractivity contribution in [3.05, 3.63) is 40.6 Å². The van der Waals surface area contributed by atoms with Crippen LogP contribution in [-0.2, 0) is 4.79 Å². The first kappa shape index (κ1) is 19.0. The number of nitrogens with one attached hydrogen (secondary N) is 2. The number of hydrogen-bond donors (Lipinski definition) is 2. The number of hydrogen-bond acceptors (Lipinski definition) is 4. The van der Waals surface area contributed by atoms with Gasteiger partial charge in [0.05, 0.1) is 4.91 Å². The number of amides is 4. The molecule has 0 bridgehead atoms. The number of imide groups is 1. The number of thioether (sulfide) groups is 1. The molecule has 1 aromatic carbocycles. The van der Waals surface area contributed by atoms with Gasteiger partial charge in [0.25, 0.3) is 11.1 Å². The van der Waals surface area contributed by atoms with Crippen molar-refractivity contribution in [3.8, 4) is 0 Å².